The van der Waals surface area contributed by atoms with Crippen molar-refractivity contribution in [1.82, 2.24) is 5.32 Å². The molecule has 538 valence electrons. The van der Waals surface area contributed by atoms with Crippen molar-refractivity contribution in [2.24, 2.45) is 0 Å². The highest BCUT2D eigenvalue weighted by Gasteiger charge is 2.53. The predicted molar refractivity (Wildman–Crippen MR) is 356 cm³/mol. The van der Waals surface area contributed by atoms with E-state index in [4.69, 9.17) is 28.4 Å². The zero-order chi connectivity index (χ0) is 66.1. The second-order valence-electron chi connectivity index (χ2n) is 27.1. The van der Waals surface area contributed by atoms with Crippen LogP contribution in [0.25, 0.3) is 0 Å². The number of aliphatic hydroxyl groups excluding tert-OH is 11. The largest absolute Gasteiger partial charge is 0.394 e. The standard InChI is InChI=1S/C72H137NO18/c1-3-5-7-9-11-13-15-17-19-21-23-25-27-29-31-33-35-37-39-41-43-45-47-49-56(77)55(73-60(78)50-48-46-44-42-40-38-36-34-32-30-28-26-24-22-20-18-16-14-12-10-8-6-4-2)54-86-70-66(84)63(81)68(58(52-75)88-70)91-72-67(85)64(82)69(59(53-76)89-72)90-71-65(83)62(80)61(79)57(51-74)87-71/h22,24,55-59,61-72,74-77,79-85H,3-21,23,25-54H2,1-2H3,(H,73,78)/b24-22-. The SMILES string of the molecule is CCCCCCCCCC/C=C\CCCCCCCCCCCCCC(=O)NC(COC1OC(CO)C(OC2OC(CO)C(OC3OC(CO)C(O)C(O)C3O)C(O)C2O)C(O)C1O)C(O)CCCCCCCCCCCCCCCCCCCCCCCCC. The van der Waals surface area contributed by atoms with Crippen LogP contribution in [0.4, 0.5) is 0 Å². The van der Waals surface area contributed by atoms with Crippen molar-refractivity contribution in [2.45, 2.75) is 413 Å². The van der Waals surface area contributed by atoms with Crippen molar-refractivity contribution in [1.29, 1.82) is 0 Å². The number of carbonyl (C=O) groups excluding carboxylic acids is 1. The van der Waals surface area contributed by atoms with Gasteiger partial charge in [-0.15, -0.1) is 0 Å². The van der Waals surface area contributed by atoms with Gasteiger partial charge in [0, 0.05) is 6.42 Å². The third kappa shape index (κ3) is 36.1. The molecule has 0 saturated carbocycles. The van der Waals surface area contributed by atoms with Crippen LogP contribution in [0, 0.1) is 0 Å². The van der Waals surface area contributed by atoms with E-state index in [-0.39, 0.29) is 18.9 Å². The van der Waals surface area contributed by atoms with Crippen LogP contribution in [0.2, 0.25) is 0 Å². The van der Waals surface area contributed by atoms with E-state index in [2.05, 4.69) is 31.3 Å². The minimum Gasteiger partial charge on any atom is -0.394 e. The van der Waals surface area contributed by atoms with E-state index in [1.807, 2.05) is 0 Å². The molecule has 3 heterocycles. The van der Waals surface area contributed by atoms with Gasteiger partial charge in [-0.2, -0.15) is 0 Å². The van der Waals surface area contributed by atoms with Gasteiger partial charge in [0.25, 0.3) is 0 Å². The maximum Gasteiger partial charge on any atom is 0.220 e. The Balaban J connectivity index is 1.41. The third-order valence-corrected chi connectivity index (χ3v) is 19.1. The van der Waals surface area contributed by atoms with Crippen molar-refractivity contribution in [3.8, 4) is 0 Å². The summed E-state index contributed by atoms with van der Waals surface area (Å²) in [4.78, 5) is 13.5. The van der Waals surface area contributed by atoms with Gasteiger partial charge in [0.15, 0.2) is 18.9 Å². The maximum absolute atomic E-state index is 13.5. The highest BCUT2D eigenvalue weighted by molar-refractivity contribution is 5.76. The van der Waals surface area contributed by atoms with Gasteiger partial charge < -0.3 is 89.9 Å². The average Bonchev–Trinajstić information content (AvgIpc) is 0.883. The Morgan fingerprint density at radius 1 is 0.385 bits per heavy atom. The lowest BCUT2D eigenvalue weighted by molar-refractivity contribution is -0.379. The summed E-state index contributed by atoms with van der Waals surface area (Å²) in [7, 11) is 0. The number of rotatable bonds is 59. The van der Waals surface area contributed by atoms with Gasteiger partial charge in [-0.05, 0) is 38.5 Å². The van der Waals surface area contributed by atoms with E-state index in [1.54, 1.807) is 0 Å². The van der Waals surface area contributed by atoms with Gasteiger partial charge in [0.05, 0.1) is 38.6 Å². The summed E-state index contributed by atoms with van der Waals surface area (Å²) >= 11 is 0. The number of carbonyl (C=O) groups is 1. The normalized spacial score (nSPS) is 27.9. The molecule has 3 rings (SSSR count). The molecule has 3 aliphatic rings. The summed E-state index contributed by atoms with van der Waals surface area (Å²) < 4.78 is 34.5. The molecule has 0 aromatic heterocycles. The first-order valence-corrected chi connectivity index (χ1v) is 37.4. The van der Waals surface area contributed by atoms with Crippen molar-refractivity contribution in [3.63, 3.8) is 0 Å². The number of hydrogen-bond acceptors (Lipinski definition) is 18. The molecule has 19 nitrogen and oxygen atoms in total. The lowest BCUT2D eigenvalue weighted by atomic mass is 9.96. The van der Waals surface area contributed by atoms with Gasteiger partial charge in [-0.3, -0.25) is 4.79 Å². The molecule has 1 amide bonds. The highest BCUT2D eigenvalue weighted by atomic mass is 16.8. The fourth-order valence-electron chi connectivity index (χ4n) is 13.0. The Bertz CT molecular complexity index is 1700. The second-order valence-corrected chi connectivity index (χ2v) is 27.1. The van der Waals surface area contributed by atoms with Crippen LogP contribution in [0.5, 0.6) is 0 Å². The molecule has 12 N–H and O–H groups in total. The third-order valence-electron chi connectivity index (χ3n) is 19.1. The predicted octanol–water partition coefficient (Wildman–Crippen LogP) is 10.8. The first-order chi connectivity index (χ1) is 44.3. The number of ether oxygens (including phenoxy) is 6. The molecule has 0 aliphatic carbocycles. The molecule has 3 saturated heterocycles. The zero-order valence-corrected chi connectivity index (χ0v) is 57.1. The Hall–Kier alpha value is -1.47. The van der Waals surface area contributed by atoms with Gasteiger partial charge in [0.1, 0.15) is 73.2 Å². The van der Waals surface area contributed by atoms with Crippen LogP contribution in [0.3, 0.4) is 0 Å². The quantitative estimate of drug-likeness (QED) is 0.0199. The minimum absolute atomic E-state index is 0.238. The molecule has 3 fully saturated rings. The Kier molecular flexibility index (Phi) is 50.2. The van der Waals surface area contributed by atoms with E-state index in [9.17, 15) is 61.0 Å². The lowest BCUT2D eigenvalue weighted by Gasteiger charge is -2.48. The smallest absolute Gasteiger partial charge is 0.220 e. The van der Waals surface area contributed by atoms with Gasteiger partial charge >= 0.3 is 0 Å². The molecular formula is C72H137NO18. The second kappa shape index (κ2) is 54.5. The Morgan fingerprint density at radius 2 is 0.692 bits per heavy atom. The first kappa shape index (κ1) is 83.8. The molecule has 17 unspecified atom stereocenters. The highest BCUT2D eigenvalue weighted by Crippen LogP contribution is 2.33. The summed E-state index contributed by atoms with van der Waals surface area (Å²) in [6.07, 6.45) is 34.3. The number of amides is 1. The van der Waals surface area contributed by atoms with Crippen LogP contribution in [-0.2, 0) is 33.2 Å². The summed E-state index contributed by atoms with van der Waals surface area (Å²) in [5.41, 5.74) is 0. The molecule has 3 aliphatic heterocycles. The average molecular weight is 1300 g/mol. The Labute approximate surface area is 550 Å². The fourth-order valence-corrected chi connectivity index (χ4v) is 13.0. The Morgan fingerprint density at radius 3 is 1.07 bits per heavy atom. The van der Waals surface area contributed by atoms with E-state index in [1.165, 1.54) is 231 Å². The van der Waals surface area contributed by atoms with E-state index < -0.39 is 124 Å². The molecule has 0 radical (unpaired) electrons. The zero-order valence-electron chi connectivity index (χ0n) is 57.1. The summed E-state index contributed by atoms with van der Waals surface area (Å²) in [5.74, 6) is -0.238. The summed E-state index contributed by atoms with van der Waals surface area (Å²) in [6, 6.07) is -0.886. The molecular weight excluding hydrogens is 1170 g/mol. The first-order valence-electron chi connectivity index (χ1n) is 37.4. The monoisotopic (exact) mass is 1300 g/mol. The van der Waals surface area contributed by atoms with Crippen molar-refractivity contribution in [3.05, 3.63) is 12.2 Å². The summed E-state index contributed by atoms with van der Waals surface area (Å²) in [6.45, 7) is 1.85. The molecule has 0 aromatic carbocycles. The van der Waals surface area contributed by atoms with Gasteiger partial charge in [-0.25, -0.2) is 0 Å². The lowest BCUT2D eigenvalue weighted by Crippen LogP contribution is -2.66. The number of hydrogen-bond donors (Lipinski definition) is 12. The number of allylic oxidation sites excluding steroid dienone is 2. The van der Waals surface area contributed by atoms with Crippen LogP contribution < -0.4 is 5.32 Å². The molecule has 0 bridgehead atoms. The number of unbranched alkanes of at least 4 members (excludes halogenated alkanes) is 41. The van der Waals surface area contributed by atoms with E-state index in [0.29, 0.717) is 12.8 Å². The van der Waals surface area contributed by atoms with Crippen LogP contribution in [0.1, 0.15) is 309 Å². The van der Waals surface area contributed by atoms with Crippen molar-refractivity contribution < 1.29 is 89.4 Å². The van der Waals surface area contributed by atoms with Crippen LogP contribution in [0.15, 0.2) is 12.2 Å². The molecule has 19 heteroatoms. The van der Waals surface area contributed by atoms with Crippen molar-refractivity contribution in [2.75, 3.05) is 26.4 Å². The number of aliphatic hydroxyl groups is 11. The maximum atomic E-state index is 13.5. The minimum atomic E-state index is -1.97. The van der Waals surface area contributed by atoms with Gasteiger partial charge in [-0.1, -0.05) is 276 Å². The van der Waals surface area contributed by atoms with E-state index >= 15 is 0 Å². The van der Waals surface area contributed by atoms with Crippen molar-refractivity contribution >= 4 is 5.91 Å². The molecule has 91 heavy (non-hydrogen) atoms. The molecule has 0 aromatic rings. The summed E-state index contributed by atoms with van der Waals surface area (Å²) in [5, 5.41) is 121. The molecule has 0 spiro atoms. The number of nitrogens with one attached hydrogen (secondary N) is 1. The van der Waals surface area contributed by atoms with Gasteiger partial charge in [0.2, 0.25) is 5.91 Å². The van der Waals surface area contributed by atoms with Crippen LogP contribution in [-0.4, -0.2) is 193 Å². The van der Waals surface area contributed by atoms with Crippen LogP contribution >= 0.6 is 0 Å². The molecule has 17 atom stereocenters. The topological polar surface area (TPSA) is 307 Å². The fraction of sp³-hybridized carbons (Fsp3) is 0.958. The van der Waals surface area contributed by atoms with E-state index in [0.717, 1.165) is 44.9 Å².